The number of amides is 1. The predicted octanol–water partition coefficient (Wildman–Crippen LogP) is 3.12. The highest BCUT2D eigenvalue weighted by molar-refractivity contribution is 7.91. The average Bonchev–Trinajstić information content (AvgIpc) is 3.56. The number of likely N-dealkylation sites (N-methyl/N-ethyl adjacent to an activating group) is 1. The third kappa shape index (κ3) is 4.23. The second kappa shape index (κ2) is 8.72. The van der Waals surface area contributed by atoms with Crippen molar-refractivity contribution >= 4 is 44.3 Å². The zero-order valence-corrected chi connectivity index (χ0v) is 19.5. The molecular formula is C25H24N2O6S. The number of sulfone groups is 1. The lowest BCUT2D eigenvalue weighted by Crippen LogP contribution is -2.40. The maximum atomic E-state index is 13.2. The Bertz CT molecular complexity index is 1410. The molecule has 2 aromatic heterocycles. The molecule has 0 N–H and O–H groups in total. The maximum absolute atomic E-state index is 13.2. The van der Waals surface area contributed by atoms with Crippen molar-refractivity contribution in [3.63, 3.8) is 0 Å². The summed E-state index contributed by atoms with van der Waals surface area (Å²) < 4.78 is 34.4. The molecule has 2 aliphatic rings. The van der Waals surface area contributed by atoms with Crippen LogP contribution in [0.4, 0.5) is 0 Å². The van der Waals surface area contributed by atoms with Crippen molar-refractivity contribution < 1.29 is 27.2 Å². The molecule has 34 heavy (non-hydrogen) atoms. The van der Waals surface area contributed by atoms with Gasteiger partial charge in [0.05, 0.1) is 34.5 Å². The number of carbonyl (C=O) groups is 2. The Morgan fingerprint density at radius 2 is 2.03 bits per heavy atom. The van der Waals surface area contributed by atoms with Gasteiger partial charge in [-0.15, -0.1) is 0 Å². The molecule has 1 saturated heterocycles. The number of rotatable bonds is 5. The van der Waals surface area contributed by atoms with Crippen LogP contribution in [0.25, 0.3) is 22.6 Å². The molecule has 1 fully saturated rings. The first-order valence-electron chi connectivity index (χ1n) is 11.1. The molecule has 0 spiro atoms. The van der Waals surface area contributed by atoms with Crippen LogP contribution in [-0.4, -0.2) is 61.4 Å². The average molecular weight is 481 g/mol. The van der Waals surface area contributed by atoms with E-state index in [1.807, 2.05) is 42.5 Å². The molecule has 1 amide bonds. The Balaban J connectivity index is 1.41. The molecule has 0 radical (unpaired) electrons. The van der Waals surface area contributed by atoms with Gasteiger partial charge in [0, 0.05) is 18.5 Å². The van der Waals surface area contributed by atoms with E-state index in [2.05, 4.69) is 0 Å². The zero-order chi connectivity index (χ0) is 23.9. The van der Waals surface area contributed by atoms with E-state index in [1.54, 1.807) is 13.3 Å². The fourth-order valence-corrected chi connectivity index (χ4v) is 6.42. The summed E-state index contributed by atoms with van der Waals surface area (Å²) in [6.07, 6.45) is 5.26. The van der Waals surface area contributed by atoms with Crippen LogP contribution in [0.3, 0.4) is 0 Å². The Morgan fingerprint density at radius 3 is 2.76 bits per heavy atom. The standard InChI is InChI=1S/C25H24N2O6S/c1-27(17-10-12-34(30,31)15-17)22(28)14-33-25(29)23-19-6-2-3-7-21(19)26-24-16(8-9-20(23)24)13-18-5-4-11-32-18/h2-7,11,13,17H,8-10,12,14-15H2,1H3. The van der Waals surface area contributed by atoms with Gasteiger partial charge in [-0.3, -0.25) is 4.79 Å². The van der Waals surface area contributed by atoms with Crippen LogP contribution >= 0.6 is 0 Å². The van der Waals surface area contributed by atoms with Crippen molar-refractivity contribution in [3.05, 3.63) is 65.2 Å². The quantitative estimate of drug-likeness (QED) is 0.517. The van der Waals surface area contributed by atoms with Crippen molar-refractivity contribution in [2.45, 2.75) is 25.3 Å². The molecule has 1 aliphatic heterocycles. The van der Waals surface area contributed by atoms with Crippen LogP contribution in [-0.2, 0) is 25.8 Å². The van der Waals surface area contributed by atoms with Crippen molar-refractivity contribution in [1.82, 2.24) is 9.88 Å². The molecule has 0 saturated carbocycles. The van der Waals surface area contributed by atoms with Gasteiger partial charge in [0.15, 0.2) is 16.4 Å². The first-order chi connectivity index (χ1) is 16.3. The number of fused-ring (bicyclic) bond motifs is 2. The molecule has 9 heteroatoms. The fourth-order valence-electron chi connectivity index (χ4n) is 4.64. The van der Waals surface area contributed by atoms with Crippen molar-refractivity contribution in [2.24, 2.45) is 0 Å². The van der Waals surface area contributed by atoms with E-state index in [4.69, 9.17) is 14.1 Å². The number of hydrogen-bond acceptors (Lipinski definition) is 7. The Labute approximate surface area is 197 Å². The summed E-state index contributed by atoms with van der Waals surface area (Å²) in [4.78, 5) is 32.0. The summed E-state index contributed by atoms with van der Waals surface area (Å²) in [6, 6.07) is 10.6. The van der Waals surface area contributed by atoms with Gasteiger partial charge in [0.2, 0.25) is 0 Å². The topological polar surface area (TPSA) is 107 Å². The largest absolute Gasteiger partial charge is 0.465 e. The third-order valence-corrected chi connectivity index (χ3v) is 8.23. The summed E-state index contributed by atoms with van der Waals surface area (Å²) in [5, 5.41) is 0.674. The molecule has 8 nitrogen and oxygen atoms in total. The number of pyridine rings is 1. The lowest BCUT2D eigenvalue weighted by molar-refractivity contribution is -0.134. The maximum Gasteiger partial charge on any atom is 0.339 e. The summed E-state index contributed by atoms with van der Waals surface area (Å²) in [5.41, 5.74) is 3.59. The van der Waals surface area contributed by atoms with Crippen LogP contribution in [0.1, 0.15) is 40.2 Å². The number of carbonyl (C=O) groups excluding carboxylic acids is 2. The first kappa shape index (κ1) is 22.3. The number of ether oxygens (including phenoxy) is 1. The van der Waals surface area contributed by atoms with Gasteiger partial charge in [0.1, 0.15) is 5.76 Å². The summed E-state index contributed by atoms with van der Waals surface area (Å²) >= 11 is 0. The van der Waals surface area contributed by atoms with E-state index < -0.39 is 34.4 Å². The fraction of sp³-hybridized carbons (Fsp3) is 0.320. The monoisotopic (exact) mass is 480 g/mol. The summed E-state index contributed by atoms with van der Waals surface area (Å²) in [5.74, 6) is -0.294. The highest BCUT2D eigenvalue weighted by Gasteiger charge is 2.33. The molecular weight excluding hydrogens is 456 g/mol. The van der Waals surface area contributed by atoms with Crippen molar-refractivity contribution in [3.8, 4) is 0 Å². The number of allylic oxidation sites excluding steroid dienone is 1. The van der Waals surface area contributed by atoms with Crippen LogP contribution in [0, 0.1) is 0 Å². The molecule has 1 atom stereocenters. The number of para-hydroxylation sites is 1. The number of hydrogen-bond donors (Lipinski definition) is 0. The van der Waals surface area contributed by atoms with Gasteiger partial charge in [0.25, 0.3) is 5.91 Å². The number of aromatic nitrogens is 1. The van der Waals surface area contributed by atoms with Crippen molar-refractivity contribution in [2.75, 3.05) is 25.2 Å². The summed E-state index contributed by atoms with van der Waals surface area (Å²) in [7, 11) is -1.58. The van der Waals surface area contributed by atoms with Crippen molar-refractivity contribution in [1.29, 1.82) is 0 Å². The minimum Gasteiger partial charge on any atom is -0.465 e. The zero-order valence-electron chi connectivity index (χ0n) is 18.7. The molecule has 3 aromatic rings. The van der Waals surface area contributed by atoms with Crippen LogP contribution < -0.4 is 0 Å². The van der Waals surface area contributed by atoms with Crippen LogP contribution in [0.15, 0.2) is 47.1 Å². The minimum atomic E-state index is -3.12. The Kier molecular flexibility index (Phi) is 5.73. The van der Waals surface area contributed by atoms with Gasteiger partial charge in [-0.2, -0.15) is 0 Å². The van der Waals surface area contributed by atoms with E-state index in [0.717, 1.165) is 16.8 Å². The highest BCUT2D eigenvalue weighted by Crippen LogP contribution is 2.37. The number of furan rings is 1. The van der Waals surface area contributed by atoms with Gasteiger partial charge in [-0.05, 0) is 54.7 Å². The Hall–Kier alpha value is -3.46. The normalized spacial score (nSPS) is 19.9. The molecule has 1 aliphatic carbocycles. The van der Waals surface area contributed by atoms with E-state index in [9.17, 15) is 18.0 Å². The van der Waals surface area contributed by atoms with Gasteiger partial charge in [-0.25, -0.2) is 18.2 Å². The molecule has 176 valence electrons. The first-order valence-corrected chi connectivity index (χ1v) is 12.9. The SMILES string of the molecule is CN(C(=O)COC(=O)c1c2c(nc3ccccc13)C(=Cc1ccco1)CC2)C1CCS(=O)(=O)C1. The predicted molar refractivity (Wildman–Crippen MR) is 127 cm³/mol. The number of esters is 1. The highest BCUT2D eigenvalue weighted by atomic mass is 32.2. The minimum absolute atomic E-state index is 0.0591. The lowest BCUT2D eigenvalue weighted by Gasteiger charge is -2.23. The molecule has 1 unspecified atom stereocenters. The van der Waals surface area contributed by atoms with E-state index in [1.165, 1.54) is 4.90 Å². The van der Waals surface area contributed by atoms with E-state index in [0.29, 0.717) is 41.5 Å². The number of benzene rings is 1. The summed E-state index contributed by atoms with van der Waals surface area (Å²) in [6.45, 7) is -0.452. The number of nitrogens with zero attached hydrogens (tertiary/aromatic N) is 2. The third-order valence-electron chi connectivity index (χ3n) is 6.48. The van der Waals surface area contributed by atoms with Crippen LogP contribution in [0.2, 0.25) is 0 Å². The molecule has 3 heterocycles. The molecule has 5 rings (SSSR count). The van der Waals surface area contributed by atoms with Gasteiger partial charge < -0.3 is 14.1 Å². The second-order valence-corrected chi connectivity index (χ2v) is 10.9. The second-order valence-electron chi connectivity index (χ2n) is 8.65. The van der Waals surface area contributed by atoms with E-state index in [-0.39, 0.29) is 11.5 Å². The molecule has 0 bridgehead atoms. The Morgan fingerprint density at radius 1 is 1.21 bits per heavy atom. The molecule has 1 aromatic carbocycles. The smallest absolute Gasteiger partial charge is 0.339 e. The lowest BCUT2D eigenvalue weighted by atomic mass is 10.0. The van der Waals surface area contributed by atoms with Crippen LogP contribution in [0.5, 0.6) is 0 Å². The van der Waals surface area contributed by atoms with Gasteiger partial charge >= 0.3 is 5.97 Å². The van der Waals surface area contributed by atoms with Gasteiger partial charge in [-0.1, -0.05) is 18.2 Å². The van der Waals surface area contributed by atoms with E-state index >= 15 is 0 Å².